The molecule has 1 aromatic carbocycles. The minimum Gasteiger partial charge on any atom is -0.354 e. The molecule has 1 saturated heterocycles. The molecule has 2 amide bonds. The second-order valence-corrected chi connectivity index (χ2v) is 9.09. The molecule has 29 heavy (non-hydrogen) atoms. The van der Waals surface area contributed by atoms with E-state index in [0.29, 0.717) is 47.9 Å². The SMILES string of the molecule is NC1CCC(CNC(=O)[C@@H]2CCCN2C(=O)C(N)Cc2ccc(Cl)c(Cl)c2)CC1. The van der Waals surface area contributed by atoms with Crippen LogP contribution in [0.4, 0.5) is 0 Å². The number of hydrogen-bond acceptors (Lipinski definition) is 4. The predicted octanol–water partition coefficient (Wildman–Crippen LogP) is 2.49. The van der Waals surface area contributed by atoms with Crippen LogP contribution in [0.1, 0.15) is 44.1 Å². The number of nitrogens with one attached hydrogen (secondary N) is 1. The Balaban J connectivity index is 1.53. The van der Waals surface area contributed by atoms with E-state index in [0.717, 1.165) is 37.7 Å². The van der Waals surface area contributed by atoms with Crippen LogP contribution in [0.2, 0.25) is 10.0 Å². The quantitative estimate of drug-likeness (QED) is 0.631. The minimum atomic E-state index is -0.722. The minimum absolute atomic E-state index is 0.0764. The van der Waals surface area contributed by atoms with Crippen molar-refractivity contribution in [2.75, 3.05) is 13.1 Å². The number of carbonyl (C=O) groups excluding carboxylic acids is 2. The normalized spacial score (nSPS) is 25.7. The molecule has 0 bridgehead atoms. The van der Waals surface area contributed by atoms with Gasteiger partial charge in [-0.05, 0) is 68.6 Å². The molecule has 1 heterocycles. The molecular formula is C21H30Cl2N4O2. The number of likely N-dealkylation sites (tertiary alicyclic amines) is 1. The summed E-state index contributed by atoms with van der Waals surface area (Å²) in [6.07, 6.45) is 5.94. The van der Waals surface area contributed by atoms with Crippen molar-refractivity contribution in [3.8, 4) is 0 Å². The first kappa shape index (κ1) is 22.3. The molecule has 0 radical (unpaired) electrons. The monoisotopic (exact) mass is 440 g/mol. The lowest BCUT2D eigenvalue weighted by molar-refractivity contribution is -0.139. The van der Waals surface area contributed by atoms with E-state index in [2.05, 4.69) is 5.32 Å². The zero-order valence-corrected chi connectivity index (χ0v) is 18.1. The molecule has 0 aromatic heterocycles. The first-order valence-electron chi connectivity index (χ1n) is 10.4. The average Bonchev–Trinajstić information content (AvgIpc) is 3.19. The summed E-state index contributed by atoms with van der Waals surface area (Å²) in [5.74, 6) is 0.200. The molecule has 160 valence electrons. The zero-order valence-electron chi connectivity index (χ0n) is 16.6. The summed E-state index contributed by atoms with van der Waals surface area (Å²) in [6, 6.07) is 4.36. The van der Waals surface area contributed by atoms with Gasteiger partial charge in [0.25, 0.3) is 0 Å². The summed E-state index contributed by atoms with van der Waals surface area (Å²) in [5.41, 5.74) is 13.0. The summed E-state index contributed by atoms with van der Waals surface area (Å²) >= 11 is 12.0. The number of benzene rings is 1. The van der Waals surface area contributed by atoms with Crippen molar-refractivity contribution < 1.29 is 9.59 Å². The number of rotatable bonds is 6. The van der Waals surface area contributed by atoms with Gasteiger partial charge in [-0.2, -0.15) is 0 Å². The summed E-state index contributed by atoms with van der Waals surface area (Å²) in [5, 5.41) is 3.95. The van der Waals surface area contributed by atoms with Crippen LogP contribution in [-0.2, 0) is 16.0 Å². The van der Waals surface area contributed by atoms with E-state index < -0.39 is 12.1 Å². The van der Waals surface area contributed by atoms with Gasteiger partial charge in [-0.1, -0.05) is 29.3 Å². The molecule has 3 rings (SSSR count). The smallest absolute Gasteiger partial charge is 0.242 e. The first-order valence-corrected chi connectivity index (χ1v) is 11.1. The molecule has 8 heteroatoms. The lowest BCUT2D eigenvalue weighted by Crippen LogP contribution is -2.52. The highest BCUT2D eigenvalue weighted by Crippen LogP contribution is 2.25. The van der Waals surface area contributed by atoms with Crippen molar-refractivity contribution in [1.29, 1.82) is 0 Å². The molecule has 1 aromatic rings. The summed E-state index contributed by atoms with van der Waals surface area (Å²) < 4.78 is 0. The van der Waals surface area contributed by atoms with Crippen molar-refractivity contribution >= 4 is 35.0 Å². The van der Waals surface area contributed by atoms with Gasteiger partial charge in [-0.25, -0.2) is 0 Å². The zero-order chi connectivity index (χ0) is 21.0. The highest BCUT2D eigenvalue weighted by Gasteiger charge is 2.36. The van der Waals surface area contributed by atoms with Crippen molar-refractivity contribution in [3.05, 3.63) is 33.8 Å². The van der Waals surface area contributed by atoms with E-state index in [1.54, 1.807) is 17.0 Å². The lowest BCUT2D eigenvalue weighted by Gasteiger charge is -2.29. The Kier molecular flexibility index (Phi) is 7.79. The van der Waals surface area contributed by atoms with Crippen LogP contribution in [0.25, 0.3) is 0 Å². The maximum absolute atomic E-state index is 12.9. The molecule has 0 spiro atoms. The topological polar surface area (TPSA) is 101 Å². The summed E-state index contributed by atoms with van der Waals surface area (Å²) in [4.78, 5) is 27.3. The second kappa shape index (κ2) is 10.1. The van der Waals surface area contributed by atoms with E-state index in [9.17, 15) is 9.59 Å². The van der Waals surface area contributed by atoms with E-state index in [1.165, 1.54) is 0 Å². The van der Waals surface area contributed by atoms with Crippen molar-refractivity contribution in [1.82, 2.24) is 10.2 Å². The summed E-state index contributed by atoms with van der Waals surface area (Å²) in [6.45, 7) is 1.21. The van der Waals surface area contributed by atoms with E-state index >= 15 is 0 Å². The van der Waals surface area contributed by atoms with Crippen LogP contribution < -0.4 is 16.8 Å². The molecule has 1 saturated carbocycles. The van der Waals surface area contributed by atoms with Gasteiger partial charge in [0, 0.05) is 19.1 Å². The molecule has 6 nitrogen and oxygen atoms in total. The third-order valence-corrected chi connectivity index (χ3v) is 6.79. The van der Waals surface area contributed by atoms with Crippen molar-refractivity contribution in [3.63, 3.8) is 0 Å². The third-order valence-electron chi connectivity index (χ3n) is 6.05. The van der Waals surface area contributed by atoms with Gasteiger partial charge >= 0.3 is 0 Å². The fourth-order valence-corrected chi connectivity index (χ4v) is 4.60. The van der Waals surface area contributed by atoms with Crippen LogP contribution in [-0.4, -0.2) is 47.9 Å². The molecule has 1 unspecified atom stereocenters. The maximum atomic E-state index is 12.9. The predicted molar refractivity (Wildman–Crippen MR) is 116 cm³/mol. The van der Waals surface area contributed by atoms with Gasteiger partial charge in [-0.15, -0.1) is 0 Å². The average molecular weight is 441 g/mol. The molecule has 2 aliphatic rings. The number of nitrogens with zero attached hydrogens (tertiary/aromatic N) is 1. The molecule has 1 aliphatic carbocycles. The molecule has 2 fully saturated rings. The fourth-order valence-electron chi connectivity index (χ4n) is 4.28. The third kappa shape index (κ3) is 5.85. The van der Waals surface area contributed by atoms with Gasteiger partial charge in [0.15, 0.2) is 0 Å². The Morgan fingerprint density at radius 2 is 1.86 bits per heavy atom. The number of carbonyl (C=O) groups is 2. The van der Waals surface area contributed by atoms with Gasteiger partial charge in [0.1, 0.15) is 6.04 Å². The fraction of sp³-hybridized carbons (Fsp3) is 0.619. The lowest BCUT2D eigenvalue weighted by atomic mass is 9.86. The van der Waals surface area contributed by atoms with Crippen molar-refractivity contribution in [2.45, 2.75) is 63.1 Å². The highest BCUT2D eigenvalue weighted by molar-refractivity contribution is 6.42. The molecule has 2 atom stereocenters. The second-order valence-electron chi connectivity index (χ2n) is 8.27. The Labute approximate surface area is 182 Å². The molecule has 1 aliphatic heterocycles. The van der Waals surface area contributed by atoms with Crippen LogP contribution >= 0.6 is 23.2 Å². The van der Waals surface area contributed by atoms with Crippen LogP contribution in [0, 0.1) is 5.92 Å². The Morgan fingerprint density at radius 3 is 2.55 bits per heavy atom. The van der Waals surface area contributed by atoms with Gasteiger partial charge in [0.2, 0.25) is 11.8 Å². The van der Waals surface area contributed by atoms with Gasteiger partial charge in [-0.3, -0.25) is 9.59 Å². The van der Waals surface area contributed by atoms with Crippen LogP contribution in [0.15, 0.2) is 18.2 Å². The highest BCUT2D eigenvalue weighted by atomic mass is 35.5. The number of nitrogens with two attached hydrogens (primary N) is 2. The van der Waals surface area contributed by atoms with Crippen LogP contribution in [0.3, 0.4) is 0 Å². The Morgan fingerprint density at radius 1 is 1.14 bits per heavy atom. The molecule has 5 N–H and O–H groups in total. The van der Waals surface area contributed by atoms with E-state index in [-0.39, 0.29) is 11.8 Å². The van der Waals surface area contributed by atoms with E-state index in [1.807, 2.05) is 6.07 Å². The molecular weight excluding hydrogens is 411 g/mol. The van der Waals surface area contributed by atoms with Crippen molar-refractivity contribution in [2.24, 2.45) is 17.4 Å². The van der Waals surface area contributed by atoms with E-state index in [4.69, 9.17) is 34.7 Å². The summed E-state index contributed by atoms with van der Waals surface area (Å²) in [7, 11) is 0. The van der Waals surface area contributed by atoms with Gasteiger partial charge < -0.3 is 21.7 Å². The Bertz CT molecular complexity index is 737. The standard InChI is InChI=1S/C21H30Cl2N4O2/c22-16-8-5-14(10-17(16)23)11-18(25)21(29)27-9-1-2-19(27)20(28)26-12-13-3-6-15(24)7-4-13/h5,8,10,13,15,18-19H,1-4,6-7,9,11-12,24-25H2,(H,26,28)/t13?,15?,18?,19-/m0/s1. The van der Waals surface area contributed by atoms with Gasteiger partial charge in [0.05, 0.1) is 16.1 Å². The largest absolute Gasteiger partial charge is 0.354 e. The number of hydrogen-bond donors (Lipinski definition) is 3. The number of halogens is 2. The maximum Gasteiger partial charge on any atom is 0.242 e. The number of amides is 2. The van der Waals surface area contributed by atoms with Crippen LogP contribution in [0.5, 0.6) is 0 Å². The first-order chi connectivity index (χ1) is 13.8. The Hall–Kier alpha value is -1.34.